The predicted molar refractivity (Wildman–Crippen MR) is 109 cm³/mol. The molecule has 162 valence electrons. The molecule has 5 nitrogen and oxygen atoms in total. The van der Waals surface area contributed by atoms with E-state index in [1.165, 1.54) is 12.1 Å². The van der Waals surface area contributed by atoms with Crippen LogP contribution in [0.15, 0.2) is 42.5 Å². The summed E-state index contributed by atoms with van der Waals surface area (Å²) in [4.78, 5) is 4.26. The summed E-state index contributed by atoms with van der Waals surface area (Å²) in [5.74, 6) is 1.03. The van der Waals surface area contributed by atoms with E-state index in [9.17, 15) is 18.3 Å². The first-order valence-corrected chi connectivity index (χ1v) is 10.3. The number of fused-ring (bicyclic) bond motifs is 2. The van der Waals surface area contributed by atoms with Crippen LogP contribution in [0.3, 0.4) is 0 Å². The minimum absolute atomic E-state index is 0.0633. The molecule has 2 N–H and O–H groups in total. The van der Waals surface area contributed by atoms with Crippen LogP contribution in [-0.4, -0.2) is 48.5 Å². The molecule has 0 spiro atoms. The third-order valence-electron chi connectivity index (χ3n) is 5.79. The third-order valence-corrected chi connectivity index (χ3v) is 5.79. The molecular formula is C22H26F3N3O2. The van der Waals surface area contributed by atoms with Crippen LogP contribution in [0.4, 0.5) is 24.5 Å². The lowest BCUT2D eigenvalue weighted by molar-refractivity contribution is -0.137. The zero-order valence-corrected chi connectivity index (χ0v) is 16.8. The van der Waals surface area contributed by atoms with E-state index in [1.807, 2.05) is 36.1 Å². The van der Waals surface area contributed by atoms with E-state index in [4.69, 9.17) is 4.74 Å². The fourth-order valence-electron chi connectivity index (χ4n) is 4.43. The summed E-state index contributed by atoms with van der Waals surface area (Å²) in [5, 5.41) is 12.9. The Labute approximate surface area is 174 Å². The molecule has 0 radical (unpaired) electrons. The van der Waals surface area contributed by atoms with Crippen LogP contribution in [-0.2, 0) is 6.18 Å². The molecule has 2 unspecified atom stereocenters. The molecule has 0 saturated carbocycles. The Morgan fingerprint density at radius 3 is 2.67 bits per heavy atom. The summed E-state index contributed by atoms with van der Waals surface area (Å²) in [7, 11) is 0. The number of nitrogens with zero attached hydrogens (tertiary/aromatic N) is 2. The van der Waals surface area contributed by atoms with Gasteiger partial charge >= 0.3 is 6.18 Å². The zero-order valence-electron chi connectivity index (χ0n) is 16.8. The summed E-state index contributed by atoms with van der Waals surface area (Å²) in [6.07, 6.45) is -3.30. The minimum Gasteiger partial charge on any atom is -0.453 e. The highest BCUT2D eigenvalue weighted by Crippen LogP contribution is 2.50. The molecule has 0 bridgehead atoms. The van der Waals surface area contributed by atoms with E-state index in [0.717, 1.165) is 31.4 Å². The summed E-state index contributed by atoms with van der Waals surface area (Å²) in [6.45, 7) is 4.37. The first-order chi connectivity index (χ1) is 14.4. The quantitative estimate of drug-likeness (QED) is 0.752. The van der Waals surface area contributed by atoms with Gasteiger partial charge in [-0.2, -0.15) is 13.2 Å². The number of alkyl halides is 3. The lowest BCUT2D eigenvalue weighted by Crippen LogP contribution is -2.59. The molecule has 2 aliphatic rings. The van der Waals surface area contributed by atoms with Crippen LogP contribution >= 0.6 is 0 Å². The maximum Gasteiger partial charge on any atom is 0.416 e. The molecule has 2 atom stereocenters. The van der Waals surface area contributed by atoms with Crippen LogP contribution in [0.2, 0.25) is 0 Å². The third kappa shape index (κ3) is 3.87. The lowest BCUT2D eigenvalue weighted by Gasteiger charge is -2.48. The van der Waals surface area contributed by atoms with Crippen molar-refractivity contribution < 1.29 is 23.0 Å². The van der Waals surface area contributed by atoms with Gasteiger partial charge < -0.3 is 20.1 Å². The van der Waals surface area contributed by atoms with Crippen molar-refractivity contribution in [3.8, 4) is 11.5 Å². The highest BCUT2D eigenvalue weighted by atomic mass is 19.4. The van der Waals surface area contributed by atoms with Crippen LogP contribution in [0, 0.1) is 0 Å². The normalized spacial score (nSPS) is 20.3. The summed E-state index contributed by atoms with van der Waals surface area (Å²) in [6, 6.07) is 11.2. The highest BCUT2D eigenvalue weighted by Gasteiger charge is 2.38. The molecule has 2 aromatic carbocycles. The van der Waals surface area contributed by atoms with E-state index in [2.05, 4.69) is 10.2 Å². The van der Waals surface area contributed by atoms with Gasteiger partial charge in [0, 0.05) is 32.3 Å². The van der Waals surface area contributed by atoms with E-state index < -0.39 is 11.7 Å². The number of aliphatic hydroxyl groups excluding tert-OH is 1. The number of ether oxygens (including phenoxy) is 1. The monoisotopic (exact) mass is 421 g/mol. The number of anilines is 2. The molecule has 1 fully saturated rings. The molecule has 2 aliphatic heterocycles. The minimum atomic E-state index is -4.44. The van der Waals surface area contributed by atoms with Gasteiger partial charge in [-0.05, 0) is 43.2 Å². The Bertz CT molecular complexity index is 888. The second kappa shape index (κ2) is 8.45. The molecule has 30 heavy (non-hydrogen) atoms. The van der Waals surface area contributed by atoms with Gasteiger partial charge in [-0.15, -0.1) is 0 Å². The van der Waals surface area contributed by atoms with Crippen molar-refractivity contribution in [3.05, 3.63) is 48.0 Å². The van der Waals surface area contributed by atoms with Crippen molar-refractivity contribution in [2.75, 3.05) is 31.1 Å². The molecule has 1 saturated heterocycles. The molecule has 4 rings (SSSR count). The highest BCUT2D eigenvalue weighted by molar-refractivity contribution is 5.79. The van der Waals surface area contributed by atoms with E-state index in [0.29, 0.717) is 30.0 Å². The van der Waals surface area contributed by atoms with Crippen molar-refractivity contribution in [1.29, 1.82) is 0 Å². The SMILES string of the molecule is CCC(N1c2ccccc2Oc2ccc(C(F)(F)F)cc21)N1CCNCC1CCO. The molecule has 2 heterocycles. The van der Waals surface area contributed by atoms with Gasteiger partial charge in [0.1, 0.15) is 0 Å². The Morgan fingerprint density at radius 1 is 1.17 bits per heavy atom. The fourth-order valence-corrected chi connectivity index (χ4v) is 4.43. The molecule has 0 aromatic heterocycles. The number of hydrogen-bond acceptors (Lipinski definition) is 5. The number of piperazine rings is 1. The number of hydrogen-bond donors (Lipinski definition) is 2. The summed E-state index contributed by atoms with van der Waals surface area (Å²) < 4.78 is 46.4. The van der Waals surface area contributed by atoms with Gasteiger partial charge in [0.25, 0.3) is 0 Å². The van der Waals surface area contributed by atoms with Crippen molar-refractivity contribution in [1.82, 2.24) is 10.2 Å². The Hall–Kier alpha value is -2.29. The molecule has 2 aromatic rings. The number of nitrogens with one attached hydrogen (secondary N) is 1. The van der Waals surface area contributed by atoms with Crippen LogP contribution < -0.4 is 15.0 Å². The first kappa shape index (κ1) is 21.0. The van der Waals surface area contributed by atoms with Gasteiger partial charge in [-0.1, -0.05) is 19.1 Å². The predicted octanol–water partition coefficient (Wildman–Crippen LogP) is 4.34. The van der Waals surface area contributed by atoms with E-state index in [1.54, 1.807) is 0 Å². The number of para-hydroxylation sites is 2. The number of aliphatic hydroxyl groups is 1. The second-order valence-corrected chi connectivity index (χ2v) is 7.62. The maximum absolute atomic E-state index is 13.5. The van der Waals surface area contributed by atoms with Crippen molar-refractivity contribution in [2.45, 2.75) is 38.1 Å². The molecular weight excluding hydrogens is 395 g/mol. The summed E-state index contributed by atoms with van der Waals surface area (Å²) in [5.41, 5.74) is 0.463. The number of rotatable bonds is 5. The van der Waals surface area contributed by atoms with Gasteiger partial charge in [0.15, 0.2) is 11.5 Å². The summed E-state index contributed by atoms with van der Waals surface area (Å²) >= 11 is 0. The topological polar surface area (TPSA) is 48.0 Å². The van der Waals surface area contributed by atoms with E-state index in [-0.39, 0.29) is 18.8 Å². The second-order valence-electron chi connectivity index (χ2n) is 7.62. The van der Waals surface area contributed by atoms with E-state index >= 15 is 0 Å². The first-order valence-electron chi connectivity index (χ1n) is 10.3. The van der Waals surface area contributed by atoms with Crippen molar-refractivity contribution in [3.63, 3.8) is 0 Å². The van der Waals surface area contributed by atoms with Crippen molar-refractivity contribution >= 4 is 11.4 Å². The lowest BCUT2D eigenvalue weighted by atomic mass is 10.0. The molecule has 0 aliphatic carbocycles. The van der Waals surface area contributed by atoms with Gasteiger partial charge in [0.05, 0.1) is 23.1 Å². The fraction of sp³-hybridized carbons (Fsp3) is 0.455. The Kier molecular flexibility index (Phi) is 5.90. The number of benzene rings is 2. The van der Waals surface area contributed by atoms with Gasteiger partial charge in [-0.3, -0.25) is 4.90 Å². The largest absolute Gasteiger partial charge is 0.453 e. The molecule has 8 heteroatoms. The molecule has 0 amide bonds. The number of halogens is 3. The smallest absolute Gasteiger partial charge is 0.416 e. The van der Waals surface area contributed by atoms with Crippen LogP contribution in [0.1, 0.15) is 25.3 Å². The average molecular weight is 421 g/mol. The van der Waals surface area contributed by atoms with Crippen molar-refractivity contribution in [2.24, 2.45) is 0 Å². The Morgan fingerprint density at radius 2 is 1.93 bits per heavy atom. The van der Waals surface area contributed by atoms with Crippen LogP contribution in [0.25, 0.3) is 0 Å². The standard InChI is InChI=1S/C22H26F3N3O2/c1-2-21(27-11-10-26-14-16(27)9-12-29)28-17-5-3-4-6-19(17)30-20-8-7-15(13-18(20)28)22(23,24)25/h3-8,13,16,21,26,29H,2,9-12,14H2,1H3. The van der Waals surface area contributed by atoms with Gasteiger partial charge in [-0.25, -0.2) is 0 Å². The average Bonchev–Trinajstić information content (AvgIpc) is 2.74. The van der Waals surface area contributed by atoms with Gasteiger partial charge in [0.2, 0.25) is 0 Å². The maximum atomic E-state index is 13.5. The Balaban J connectivity index is 1.82. The van der Waals surface area contributed by atoms with Crippen LogP contribution in [0.5, 0.6) is 11.5 Å². The zero-order chi connectivity index (χ0) is 21.3.